The van der Waals surface area contributed by atoms with Gasteiger partial charge >= 0.3 is 0 Å². The van der Waals surface area contributed by atoms with Crippen molar-refractivity contribution < 1.29 is 0 Å². The molecule has 0 fully saturated rings. The van der Waals surface area contributed by atoms with E-state index in [-0.39, 0.29) is 0 Å². The number of alkyl halides is 1. The van der Waals surface area contributed by atoms with Crippen molar-refractivity contribution in [1.29, 1.82) is 0 Å². The van der Waals surface area contributed by atoms with Gasteiger partial charge in [-0.3, -0.25) is 0 Å². The molecule has 0 rings (SSSR count). The second-order valence-electron chi connectivity index (χ2n) is 4.08. The van der Waals surface area contributed by atoms with Crippen molar-refractivity contribution in [1.82, 2.24) is 5.32 Å². The van der Waals surface area contributed by atoms with Crippen molar-refractivity contribution in [2.45, 2.75) is 58.3 Å². The lowest BCUT2D eigenvalue weighted by Crippen LogP contribution is -2.28. The van der Waals surface area contributed by atoms with E-state index in [1.807, 2.05) is 0 Å². The van der Waals surface area contributed by atoms with Crippen LogP contribution in [0.25, 0.3) is 0 Å². The van der Waals surface area contributed by atoms with Crippen LogP contribution in [0.4, 0.5) is 0 Å². The molecule has 1 nitrogen and oxygen atoms in total. The van der Waals surface area contributed by atoms with Gasteiger partial charge in [0.2, 0.25) is 0 Å². The standard InChI is InChI=1S/C12H26ClN/c1-4-7-8-11(5-2)9-14-10-12(13)6-3/h11-12,14H,4-10H2,1-3H3. The van der Waals surface area contributed by atoms with E-state index in [4.69, 9.17) is 11.6 Å². The van der Waals surface area contributed by atoms with Crippen molar-refractivity contribution in [2.24, 2.45) is 5.92 Å². The Kier molecular flexibility index (Phi) is 9.97. The summed E-state index contributed by atoms with van der Waals surface area (Å²) in [5.41, 5.74) is 0. The van der Waals surface area contributed by atoms with Crippen LogP contribution >= 0.6 is 11.6 Å². The molecule has 0 aromatic rings. The number of hydrogen-bond acceptors (Lipinski definition) is 1. The van der Waals surface area contributed by atoms with E-state index in [0.29, 0.717) is 5.38 Å². The number of halogens is 1. The molecule has 0 saturated heterocycles. The highest BCUT2D eigenvalue weighted by Crippen LogP contribution is 2.11. The molecular formula is C12H26ClN. The Morgan fingerprint density at radius 2 is 1.79 bits per heavy atom. The molecule has 0 aliphatic rings. The Balaban J connectivity index is 3.42. The van der Waals surface area contributed by atoms with Gasteiger partial charge in [0.25, 0.3) is 0 Å². The molecule has 0 spiro atoms. The summed E-state index contributed by atoms with van der Waals surface area (Å²) < 4.78 is 0. The molecule has 0 bridgehead atoms. The molecule has 2 heteroatoms. The summed E-state index contributed by atoms with van der Waals surface area (Å²) in [6.45, 7) is 8.76. The van der Waals surface area contributed by atoms with Crippen LogP contribution in [-0.2, 0) is 0 Å². The summed E-state index contributed by atoms with van der Waals surface area (Å²) in [6, 6.07) is 0. The van der Waals surface area contributed by atoms with E-state index in [1.54, 1.807) is 0 Å². The van der Waals surface area contributed by atoms with Gasteiger partial charge in [0.15, 0.2) is 0 Å². The highest BCUT2D eigenvalue weighted by Gasteiger charge is 2.06. The Morgan fingerprint density at radius 1 is 1.07 bits per heavy atom. The van der Waals surface area contributed by atoms with Crippen molar-refractivity contribution in [3.63, 3.8) is 0 Å². The van der Waals surface area contributed by atoms with E-state index in [2.05, 4.69) is 26.1 Å². The van der Waals surface area contributed by atoms with E-state index in [0.717, 1.165) is 25.4 Å². The first-order valence-electron chi connectivity index (χ1n) is 6.09. The quantitative estimate of drug-likeness (QED) is 0.582. The summed E-state index contributed by atoms with van der Waals surface area (Å²) in [7, 11) is 0. The van der Waals surface area contributed by atoms with Gasteiger partial charge < -0.3 is 5.32 Å². The second kappa shape index (κ2) is 9.79. The SMILES string of the molecule is CCCCC(CC)CNCC(Cl)CC. The zero-order valence-corrected chi connectivity index (χ0v) is 10.7. The Hall–Kier alpha value is 0.250. The number of unbranched alkanes of at least 4 members (excludes halogenated alkanes) is 1. The number of hydrogen-bond donors (Lipinski definition) is 1. The lowest BCUT2D eigenvalue weighted by atomic mass is 9.99. The molecule has 0 saturated carbocycles. The third kappa shape index (κ3) is 7.64. The van der Waals surface area contributed by atoms with E-state index >= 15 is 0 Å². The van der Waals surface area contributed by atoms with Gasteiger partial charge in [-0.25, -0.2) is 0 Å². The van der Waals surface area contributed by atoms with Crippen LogP contribution in [0.1, 0.15) is 52.9 Å². The maximum Gasteiger partial charge on any atom is 0.0458 e. The Morgan fingerprint density at radius 3 is 2.29 bits per heavy atom. The van der Waals surface area contributed by atoms with Crippen LogP contribution in [0.2, 0.25) is 0 Å². The van der Waals surface area contributed by atoms with Crippen molar-refractivity contribution >= 4 is 11.6 Å². The molecule has 0 aliphatic carbocycles. The van der Waals surface area contributed by atoms with Gasteiger partial charge in [-0.15, -0.1) is 11.6 Å². The molecule has 0 aliphatic heterocycles. The van der Waals surface area contributed by atoms with E-state index in [1.165, 1.54) is 25.7 Å². The summed E-state index contributed by atoms with van der Waals surface area (Å²) >= 11 is 6.03. The third-order valence-electron chi connectivity index (χ3n) is 2.79. The van der Waals surface area contributed by atoms with Crippen molar-refractivity contribution in [3.8, 4) is 0 Å². The van der Waals surface area contributed by atoms with Crippen molar-refractivity contribution in [2.75, 3.05) is 13.1 Å². The molecule has 1 N–H and O–H groups in total. The monoisotopic (exact) mass is 219 g/mol. The predicted octanol–water partition coefficient (Wildman–Crippen LogP) is 3.81. The molecule has 2 atom stereocenters. The maximum absolute atomic E-state index is 6.03. The normalized spacial score (nSPS) is 15.4. The number of rotatable bonds is 9. The van der Waals surface area contributed by atoms with Gasteiger partial charge in [0.05, 0.1) is 0 Å². The minimum absolute atomic E-state index is 0.304. The molecule has 0 heterocycles. The molecule has 0 aromatic heterocycles. The highest BCUT2D eigenvalue weighted by molar-refractivity contribution is 6.20. The first-order chi connectivity index (χ1) is 6.74. The van der Waals surface area contributed by atoms with Crippen LogP contribution in [0, 0.1) is 5.92 Å². The smallest absolute Gasteiger partial charge is 0.0458 e. The second-order valence-corrected chi connectivity index (χ2v) is 4.70. The molecule has 0 radical (unpaired) electrons. The first-order valence-corrected chi connectivity index (χ1v) is 6.52. The van der Waals surface area contributed by atoms with E-state index in [9.17, 15) is 0 Å². The lowest BCUT2D eigenvalue weighted by Gasteiger charge is -2.16. The minimum Gasteiger partial charge on any atom is -0.315 e. The van der Waals surface area contributed by atoms with Gasteiger partial charge in [0.1, 0.15) is 0 Å². The van der Waals surface area contributed by atoms with Gasteiger partial charge in [0, 0.05) is 11.9 Å². The first kappa shape index (κ1) is 14.2. The topological polar surface area (TPSA) is 12.0 Å². The number of nitrogens with one attached hydrogen (secondary N) is 1. The van der Waals surface area contributed by atoms with Gasteiger partial charge in [-0.05, 0) is 25.3 Å². The molecule has 2 unspecified atom stereocenters. The molecule has 0 amide bonds. The zero-order valence-electron chi connectivity index (χ0n) is 9.98. The Labute approximate surface area is 94.6 Å². The minimum atomic E-state index is 0.304. The lowest BCUT2D eigenvalue weighted by molar-refractivity contribution is 0.419. The largest absolute Gasteiger partial charge is 0.315 e. The van der Waals surface area contributed by atoms with E-state index < -0.39 is 0 Å². The summed E-state index contributed by atoms with van der Waals surface area (Å²) in [5, 5.41) is 3.77. The third-order valence-corrected chi connectivity index (χ3v) is 3.25. The Bertz CT molecular complexity index is 117. The summed E-state index contributed by atoms with van der Waals surface area (Å²) in [5.74, 6) is 0.843. The fraction of sp³-hybridized carbons (Fsp3) is 1.00. The van der Waals surface area contributed by atoms with Gasteiger partial charge in [-0.1, -0.05) is 40.0 Å². The molecule has 0 aromatic carbocycles. The average molecular weight is 220 g/mol. The highest BCUT2D eigenvalue weighted by atomic mass is 35.5. The fourth-order valence-electron chi connectivity index (χ4n) is 1.53. The summed E-state index contributed by atoms with van der Waals surface area (Å²) in [4.78, 5) is 0. The van der Waals surface area contributed by atoms with Crippen molar-refractivity contribution in [3.05, 3.63) is 0 Å². The molecular weight excluding hydrogens is 194 g/mol. The molecule has 14 heavy (non-hydrogen) atoms. The predicted molar refractivity (Wildman–Crippen MR) is 66.1 cm³/mol. The van der Waals surface area contributed by atoms with Crippen LogP contribution in [-0.4, -0.2) is 18.5 Å². The van der Waals surface area contributed by atoms with Crippen LogP contribution in [0.3, 0.4) is 0 Å². The summed E-state index contributed by atoms with van der Waals surface area (Å²) in [6.07, 6.45) is 6.37. The fourth-order valence-corrected chi connectivity index (χ4v) is 1.64. The maximum atomic E-state index is 6.03. The average Bonchev–Trinajstić information content (AvgIpc) is 2.22. The molecule has 86 valence electrons. The zero-order chi connectivity index (χ0) is 10.8. The van der Waals surface area contributed by atoms with Crippen LogP contribution in [0.5, 0.6) is 0 Å². The van der Waals surface area contributed by atoms with Crippen LogP contribution in [0.15, 0.2) is 0 Å². The van der Waals surface area contributed by atoms with Gasteiger partial charge in [-0.2, -0.15) is 0 Å². The van der Waals surface area contributed by atoms with Crippen LogP contribution < -0.4 is 5.32 Å².